The van der Waals surface area contributed by atoms with Gasteiger partial charge in [-0.15, -0.1) is 0 Å². The van der Waals surface area contributed by atoms with Gasteiger partial charge in [-0.3, -0.25) is 0 Å². The number of fused-ring (bicyclic) bond motifs is 3. The summed E-state index contributed by atoms with van der Waals surface area (Å²) in [5.41, 5.74) is 5.02. The Bertz CT molecular complexity index is 1350. The highest BCUT2D eigenvalue weighted by atomic mass is 79.9. The summed E-state index contributed by atoms with van der Waals surface area (Å²) in [4.78, 5) is 6.61. The Morgan fingerprint density at radius 2 is 1.66 bits per heavy atom. The van der Waals surface area contributed by atoms with Gasteiger partial charge in [0.25, 0.3) is 0 Å². The number of hydrogen-bond donors (Lipinski definition) is 0. The Morgan fingerprint density at radius 1 is 0.938 bits per heavy atom. The van der Waals surface area contributed by atoms with Gasteiger partial charge >= 0.3 is 0 Å². The van der Waals surface area contributed by atoms with E-state index >= 15 is 0 Å². The van der Waals surface area contributed by atoms with Crippen LogP contribution in [-0.2, 0) is 0 Å². The van der Waals surface area contributed by atoms with Crippen LogP contribution in [0, 0.1) is 5.82 Å². The van der Waals surface area contributed by atoms with E-state index in [1.807, 2.05) is 42.1 Å². The minimum Gasteiger partial charge on any atom is -0.480 e. The van der Waals surface area contributed by atoms with Crippen molar-refractivity contribution in [2.24, 2.45) is 0 Å². The van der Waals surface area contributed by atoms with Crippen LogP contribution in [0.5, 0.6) is 5.75 Å². The molecular formula is C25H18BrFN4O. The first kappa shape index (κ1) is 19.3. The van der Waals surface area contributed by atoms with Crippen LogP contribution < -0.4 is 9.64 Å². The molecule has 158 valence electrons. The van der Waals surface area contributed by atoms with Gasteiger partial charge in [0.1, 0.15) is 30.0 Å². The van der Waals surface area contributed by atoms with Crippen LogP contribution in [0.1, 0.15) is 28.8 Å². The zero-order valence-corrected chi connectivity index (χ0v) is 18.7. The summed E-state index contributed by atoms with van der Waals surface area (Å²) in [6, 6.07) is 22.5. The van der Waals surface area contributed by atoms with E-state index in [0.29, 0.717) is 0 Å². The van der Waals surface area contributed by atoms with Gasteiger partial charge < -0.3 is 9.64 Å². The Labute approximate surface area is 192 Å². The molecule has 7 heteroatoms. The van der Waals surface area contributed by atoms with Crippen molar-refractivity contribution < 1.29 is 9.13 Å². The maximum atomic E-state index is 13.7. The highest BCUT2D eigenvalue weighted by Gasteiger charge is 2.42. The smallest absolute Gasteiger partial charge is 0.229 e. The van der Waals surface area contributed by atoms with Crippen molar-refractivity contribution >= 4 is 27.6 Å². The fourth-order valence-corrected chi connectivity index (χ4v) is 4.90. The number of para-hydroxylation sites is 1. The molecule has 2 aliphatic heterocycles. The normalized spacial score (nSPS) is 19.2. The highest BCUT2D eigenvalue weighted by molar-refractivity contribution is 9.10. The van der Waals surface area contributed by atoms with E-state index in [1.54, 1.807) is 18.5 Å². The standard InChI is InChI=1S/C25H18BrFN4O/c1-30-23-19-4-2-3-5-20(19)32-24(16-8-12-18(27)13-9-16)21(23)22(31-25(30)28-14-29-31)15-6-10-17(26)11-7-15/h2-14,22,24H,1H3/t22-,24+/m0/s1. The minimum atomic E-state index is -0.408. The van der Waals surface area contributed by atoms with Crippen molar-refractivity contribution in [3.8, 4) is 5.75 Å². The molecule has 0 unspecified atom stereocenters. The fraction of sp³-hybridized carbons (Fsp3) is 0.120. The van der Waals surface area contributed by atoms with Crippen molar-refractivity contribution in [1.29, 1.82) is 0 Å². The first-order valence-electron chi connectivity index (χ1n) is 10.3. The van der Waals surface area contributed by atoms with Gasteiger partial charge in [-0.05, 0) is 47.5 Å². The number of anilines is 1. The Kier molecular flexibility index (Phi) is 4.40. The predicted octanol–water partition coefficient (Wildman–Crippen LogP) is 5.76. The molecule has 32 heavy (non-hydrogen) atoms. The first-order chi connectivity index (χ1) is 15.6. The average Bonchev–Trinajstić information content (AvgIpc) is 3.30. The first-order valence-corrected chi connectivity index (χ1v) is 11.1. The van der Waals surface area contributed by atoms with Gasteiger partial charge in [-0.1, -0.05) is 52.3 Å². The molecule has 3 aromatic carbocycles. The zero-order valence-electron chi connectivity index (χ0n) is 17.1. The molecule has 4 aromatic rings. The van der Waals surface area contributed by atoms with Crippen LogP contribution in [-0.4, -0.2) is 21.8 Å². The molecule has 5 nitrogen and oxygen atoms in total. The van der Waals surface area contributed by atoms with Gasteiger partial charge in [0, 0.05) is 22.7 Å². The number of aromatic nitrogens is 3. The van der Waals surface area contributed by atoms with Crippen LogP contribution in [0.4, 0.5) is 10.3 Å². The maximum absolute atomic E-state index is 13.7. The summed E-state index contributed by atoms with van der Waals surface area (Å²) in [6.07, 6.45) is 1.17. The molecule has 2 atom stereocenters. The van der Waals surface area contributed by atoms with Crippen LogP contribution in [0.2, 0.25) is 0 Å². The van der Waals surface area contributed by atoms with Gasteiger partial charge in [-0.25, -0.2) is 9.07 Å². The van der Waals surface area contributed by atoms with Gasteiger partial charge in [-0.2, -0.15) is 10.1 Å². The predicted molar refractivity (Wildman–Crippen MR) is 124 cm³/mol. The summed E-state index contributed by atoms with van der Waals surface area (Å²) < 4.78 is 23.2. The summed E-state index contributed by atoms with van der Waals surface area (Å²) in [6.45, 7) is 0. The lowest BCUT2D eigenvalue weighted by molar-refractivity contribution is 0.222. The maximum Gasteiger partial charge on any atom is 0.229 e. The molecular weight excluding hydrogens is 471 g/mol. The molecule has 0 fully saturated rings. The molecule has 2 aliphatic rings. The van der Waals surface area contributed by atoms with E-state index in [0.717, 1.165) is 44.1 Å². The second-order valence-electron chi connectivity index (χ2n) is 7.87. The van der Waals surface area contributed by atoms with E-state index in [4.69, 9.17) is 4.74 Å². The third kappa shape index (κ3) is 2.88. The Balaban J connectivity index is 1.65. The van der Waals surface area contributed by atoms with Gasteiger partial charge in [0.05, 0.1) is 5.70 Å². The van der Waals surface area contributed by atoms with Crippen LogP contribution in [0.25, 0.3) is 5.70 Å². The van der Waals surface area contributed by atoms with Crippen LogP contribution in [0.3, 0.4) is 0 Å². The summed E-state index contributed by atoms with van der Waals surface area (Å²) in [5, 5.41) is 4.58. The lowest BCUT2D eigenvalue weighted by Crippen LogP contribution is -2.37. The number of nitrogens with zero attached hydrogens (tertiary/aromatic N) is 4. The molecule has 0 aliphatic carbocycles. The van der Waals surface area contributed by atoms with E-state index in [1.165, 1.54) is 12.1 Å². The van der Waals surface area contributed by atoms with Crippen molar-refractivity contribution in [3.05, 3.63) is 112 Å². The molecule has 0 amide bonds. The molecule has 1 aromatic heterocycles. The monoisotopic (exact) mass is 488 g/mol. The summed E-state index contributed by atoms with van der Waals surface area (Å²) in [7, 11) is 2.00. The zero-order chi connectivity index (χ0) is 21.8. The molecule has 0 saturated heterocycles. The molecule has 0 N–H and O–H groups in total. The van der Waals surface area contributed by atoms with Crippen molar-refractivity contribution in [1.82, 2.24) is 14.8 Å². The fourth-order valence-electron chi connectivity index (χ4n) is 4.63. The van der Waals surface area contributed by atoms with Gasteiger partial charge in [0.15, 0.2) is 0 Å². The number of rotatable bonds is 2. The van der Waals surface area contributed by atoms with Crippen molar-refractivity contribution in [3.63, 3.8) is 0 Å². The van der Waals surface area contributed by atoms with Crippen molar-refractivity contribution in [2.45, 2.75) is 12.1 Å². The third-order valence-corrected chi connectivity index (χ3v) is 6.56. The molecule has 6 rings (SSSR count). The second-order valence-corrected chi connectivity index (χ2v) is 8.78. The van der Waals surface area contributed by atoms with E-state index in [2.05, 4.69) is 49.1 Å². The Hall–Kier alpha value is -3.45. The molecule has 0 spiro atoms. The second kappa shape index (κ2) is 7.31. The van der Waals surface area contributed by atoms with E-state index in [9.17, 15) is 4.39 Å². The van der Waals surface area contributed by atoms with Gasteiger partial charge in [0.2, 0.25) is 5.95 Å². The number of hydrogen-bond acceptors (Lipinski definition) is 4. The highest BCUT2D eigenvalue weighted by Crippen LogP contribution is 2.52. The number of benzene rings is 3. The lowest BCUT2D eigenvalue weighted by atomic mass is 9.84. The number of halogens is 2. The van der Waals surface area contributed by atoms with Crippen LogP contribution >= 0.6 is 15.9 Å². The summed E-state index contributed by atoms with van der Waals surface area (Å²) >= 11 is 3.53. The Morgan fingerprint density at radius 3 is 2.44 bits per heavy atom. The molecule has 0 radical (unpaired) electrons. The molecule has 0 bridgehead atoms. The topological polar surface area (TPSA) is 43.2 Å². The van der Waals surface area contributed by atoms with E-state index in [-0.39, 0.29) is 11.9 Å². The SMILES string of the molecule is CN1C2=C([C@H](c3ccc(Br)cc3)n3ncnc31)[C@@H](c1ccc(F)cc1)Oc1ccccc12. The number of ether oxygens (including phenoxy) is 1. The summed E-state index contributed by atoms with van der Waals surface area (Å²) in [5.74, 6) is 1.27. The molecule has 0 saturated carbocycles. The lowest BCUT2D eigenvalue weighted by Gasteiger charge is -2.42. The van der Waals surface area contributed by atoms with E-state index < -0.39 is 6.10 Å². The largest absolute Gasteiger partial charge is 0.480 e. The third-order valence-electron chi connectivity index (χ3n) is 6.03. The van der Waals surface area contributed by atoms with Crippen molar-refractivity contribution in [2.75, 3.05) is 11.9 Å². The average molecular weight is 489 g/mol. The quantitative estimate of drug-likeness (QED) is 0.359. The van der Waals surface area contributed by atoms with Crippen LogP contribution in [0.15, 0.2) is 89.2 Å². The molecule has 3 heterocycles. The minimum absolute atomic E-state index is 0.227.